The number of nitrogens with one attached hydrogen (secondary N) is 1. The lowest BCUT2D eigenvalue weighted by Gasteiger charge is -2.40. The van der Waals surface area contributed by atoms with Crippen LogP contribution < -0.4 is 5.32 Å². The van der Waals surface area contributed by atoms with E-state index in [4.69, 9.17) is 0 Å². The number of hydrogen-bond donors (Lipinski definition) is 1. The molecule has 1 aliphatic carbocycles. The number of halogens is 3. The average Bonchev–Trinajstić information content (AvgIpc) is 2.08. The molecule has 64 valence electrons. The van der Waals surface area contributed by atoms with Crippen molar-refractivity contribution < 1.29 is 13.2 Å². The van der Waals surface area contributed by atoms with Crippen molar-refractivity contribution in [1.82, 2.24) is 5.32 Å². The van der Waals surface area contributed by atoms with Gasteiger partial charge in [-0.05, 0) is 31.3 Å². The summed E-state index contributed by atoms with van der Waals surface area (Å²) in [5.74, 6) is -0.820. The number of alkyl halides is 3. The van der Waals surface area contributed by atoms with Crippen molar-refractivity contribution in [2.75, 3.05) is 13.1 Å². The third-order valence-corrected chi connectivity index (χ3v) is 2.89. The van der Waals surface area contributed by atoms with Crippen LogP contribution in [-0.4, -0.2) is 19.3 Å². The predicted molar refractivity (Wildman–Crippen MR) is 34.0 cm³/mol. The molecule has 2 fully saturated rings. The third-order valence-electron chi connectivity index (χ3n) is 2.89. The van der Waals surface area contributed by atoms with Gasteiger partial charge in [-0.25, -0.2) is 0 Å². The first-order chi connectivity index (χ1) is 5.09. The minimum atomic E-state index is -3.95. The van der Waals surface area contributed by atoms with E-state index in [0.29, 0.717) is 18.9 Å². The molecule has 3 atom stereocenters. The van der Waals surface area contributed by atoms with Crippen LogP contribution in [0.1, 0.15) is 6.42 Å². The Bertz CT molecular complexity index is 166. The molecule has 0 aromatic carbocycles. The van der Waals surface area contributed by atoms with Crippen LogP contribution >= 0.6 is 0 Å². The minimum Gasteiger partial charge on any atom is -0.316 e. The molecule has 4 heteroatoms. The fraction of sp³-hybridized carbons (Fsp3) is 1.00. The normalized spacial score (nSPS) is 43.4. The van der Waals surface area contributed by atoms with Gasteiger partial charge >= 0.3 is 6.18 Å². The second kappa shape index (κ2) is 2.12. The zero-order valence-electron chi connectivity index (χ0n) is 5.99. The summed E-state index contributed by atoms with van der Waals surface area (Å²) in [7, 11) is 0. The fourth-order valence-electron chi connectivity index (χ4n) is 2.16. The summed E-state index contributed by atoms with van der Waals surface area (Å²) in [5, 5.41) is 2.99. The van der Waals surface area contributed by atoms with E-state index in [-0.39, 0.29) is 5.92 Å². The van der Waals surface area contributed by atoms with Gasteiger partial charge in [-0.15, -0.1) is 0 Å². The lowest BCUT2D eigenvalue weighted by atomic mass is 9.66. The fourth-order valence-corrected chi connectivity index (χ4v) is 2.16. The van der Waals surface area contributed by atoms with Gasteiger partial charge in [0.1, 0.15) is 0 Å². The lowest BCUT2D eigenvalue weighted by molar-refractivity contribution is -0.220. The van der Waals surface area contributed by atoms with E-state index < -0.39 is 12.1 Å². The molecular formula is C7H10F3N. The van der Waals surface area contributed by atoms with Crippen LogP contribution in [0.25, 0.3) is 0 Å². The topological polar surface area (TPSA) is 12.0 Å². The van der Waals surface area contributed by atoms with Gasteiger partial charge in [-0.1, -0.05) is 0 Å². The highest BCUT2D eigenvalue weighted by Gasteiger charge is 2.56. The standard InChI is InChI=1S/C7H10F3N/c8-7(9,10)6-1-4-2-11-3-5(4)6/h4-6,11H,1-3H2/t4-,5+,6+/m0/s1. The first kappa shape index (κ1) is 7.40. The molecule has 0 unspecified atom stereocenters. The summed E-state index contributed by atoms with van der Waals surface area (Å²) in [6.07, 6.45) is -3.60. The monoisotopic (exact) mass is 165 g/mol. The molecule has 2 rings (SSSR count). The van der Waals surface area contributed by atoms with Crippen LogP contribution in [0, 0.1) is 17.8 Å². The Morgan fingerprint density at radius 1 is 1.18 bits per heavy atom. The van der Waals surface area contributed by atoms with E-state index in [1.54, 1.807) is 0 Å². The molecule has 0 amide bonds. The molecule has 1 saturated heterocycles. The highest BCUT2D eigenvalue weighted by atomic mass is 19.4. The van der Waals surface area contributed by atoms with Crippen molar-refractivity contribution in [3.05, 3.63) is 0 Å². The smallest absolute Gasteiger partial charge is 0.316 e. The van der Waals surface area contributed by atoms with Gasteiger partial charge in [0.05, 0.1) is 5.92 Å². The van der Waals surface area contributed by atoms with Crippen molar-refractivity contribution in [3.8, 4) is 0 Å². The van der Waals surface area contributed by atoms with E-state index in [0.717, 1.165) is 6.54 Å². The Morgan fingerprint density at radius 3 is 2.45 bits per heavy atom. The Morgan fingerprint density at radius 2 is 1.91 bits per heavy atom. The Hall–Kier alpha value is -0.250. The molecule has 1 aliphatic heterocycles. The molecule has 2 aliphatic rings. The summed E-state index contributed by atoms with van der Waals surface area (Å²) in [6, 6.07) is 0. The molecule has 0 spiro atoms. The Balaban J connectivity index is 2.00. The number of rotatable bonds is 0. The maximum Gasteiger partial charge on any atom is 0.392 e. The molecule has 0 aromatic rings. The highest BCUT2D eigenvalue weighted by molar-refractivity contribution is 4.98. The molecule has 1 heterocycles. The van der Waals surface area contributed by atoms with E-state index in [1.807, 2.05) is 0 Å². The molecular weight excluding hydrogens is 155 g/mol. The van der Waals surface area contributed by atoms with Crippen molar-refractivity contribution in [2.24, 2.45) is 17.8 Å². The van der Waals surface area contributed by atoms with Gasteiger partial charge in [0.2, 0.25) is 0 Å². The van der Waals surface area contributed by atoms with Crippen molar-refractivity contribution in [1.29, 1.82) is 0 Å². The largest absolute Gasteiger partial charge is 0.392 e. The van der Waals surface area contributed by atoms with Crippen LogP contribution in [-0.2, 0) is 0 Å². The van der Waals surface area contributed by atoms with Gasteiger partial charge in [-0.2, -0.15) is 13.2 Å². The van der Waals surface area contributed by atoms with E-state index >= 15 is 0 Å². The SMILES string of the molecule is FC(F)(F)[C@@H]1C[C@H]2CNC[C@H]21. The molecule has 1 saturated carbocycles. The van der Waals surface area contributed by atoms with Crippen molar-refractivity contribution in [2.45, 2.75) is 12.6 Å². The van der Waals surface area contributed by atoms with Crippen LogP contribution in [0.5, 0.6) is 0 Å². The average molecular weight is 165 g/mol. The van der Waals surface area contributed by atoms with Gasteiger partial charge in [-0.3, -0.25) is 0 Å². The van der Waals surface area contributed by atoms with Crippen molar-refractivity contribution in [3.63, 3.8) is 0 Å². The molecule has 0 aromatic heterocycles. The zero-order valence-corrected chi connectivity index (χ0v) is 5.99. The van der Waals surface area contributed by atoms with Crippen molar-refractivity contribution >= 4 is 0 Å². The first-order valence-electron chi connectivity index (χ1n) is 3.86. The Labute approximate surface area is 63.0 Å². The highest BCUT2D eigenvalue weighted by Crippen LogP contribution is 2.50. The second-order valence-corrected chi connectivity index (χ2v) is 3.47. The predicted octanol–water partition coefficient (Wildman–Crippen LogP) is 1.40. The van der Waals surface area contributed by atoms with Crippen LogP contribution in [0.4, 0.5) is 13.2 Å². The van der Waals surface area contributed by atoms with Gasteiger partial charge in [0.15, 0.2) is 0 Å². The van der Waals surface area contributed by atoms with E-state index in [2.05, 4.69) is 5.32 Å². The molecule has 11 heavy (non-hydrogen) atoms. The van der Waals surface area contributed by atoms with Crippen LogP contribution in [0.2, 0.25) is 0 Å². The summed E-state index contributed by atoms with van der Waals surface area (Å²) >= 11 is 0. The minimum absolute atomic E-state index is 0.116. The molecule has 0 radical (unpaired) electrons. The zero-order chi connectivity index (χ0) is 8.06. The van der Waals surface area contributed by atoms with Crippen LogP contribution in [0.15, 0.2) is 0 Å². The number of hydrogen-bond acceptors (Lipinski definition) is 1. The van der Waals surface area contributed by atoms with Gasteiger partial charge in [0, 0.05) is 0 Å². The van der Waals surface area contributed by atoms with E-state index in [9.17, 15) is 13.2 Å². The Kier molecular flexibility index (Phi) is 1.43. The maximum atomic E-state index is 12.1. The number of fused-ring (bicyclic) bond motifs is 1. The molecule has 0 bridgehead atoms. The van der Waals surface area contributed by atoms with Crippen LogP contribution in [0.3, 0.4) is 0 Å². The summed E-state index contributed by atoms with van der Waals surface area (Å²) in [5.41, 5.74) is 0. The lowest BCUT2D eigenvalue weighted by Crippen LogP contribution is -2.44. The van der Waals surface area contributed by atoms with Gasteiger partial charge in [0.25, 0.3) is 0 Å². The first-order valence-corrected chi connectivity index (χ1v) is 3.86. The summed E-state index contributed by atoms with van der Waals surface area (Å²) in [6.45, 7) is 1.35. The van der Waals surface area contributed by atoms with Gasteiger partial charge < -0.3 is 5.32 Å². The third kappa shape index (κ3) is 1.04. The molecule has 1 nitrogen and oxygen atoms in total. The summed E-state index contributed by atoms with van der Waals surface area (Å²) in [4.78, 5) is 0. The second-order valence-electron chi connectivity index (χ2n) is 3.47. The summed E-state index contributed by atoms with van der Waals surface area (Å²) < 4.78 is 36.3. The molecule has 1 N–H and O–H groups in total. The van der Waals surface area contributed by atoms with E-state index in [1.165, 1.54) is 0 Å². The quantitative estimate of drug-likeness (QED) is 0.572. The maximum absolute atomic E-state index is 12.1.